The number of fused-ring (bicyclic) bond motifs is 1. The predicted molar refractivity (Wildman–Crippen MR) is 81.9 cm³/mol. The maximum absolute atomic E-state index is 11.9. The Labute approximate surface area is 133 Å². The zero-order chi connectivity index (χ0) is 15.7. The Bertz CT molecular complexity index is 701. The van der Waals surface area contributed by atoms with E-state index in [2.05, 4.69) is 0 Å². The van der Waals surface area contributed by atoms with Crippen LogP contribution in [0.4, 0.5) is 0 Å². The lowest BCUT2D eigenvalue weighted by molar-refractivity contribution is -0.203. The van der Waals surface area contributed by atoms with Crippen LogP contribution in [0.2, 0.25) is 5.02 Å². The van der Waals surface area contributed by atoms with Crippen molar-refractivity contribution in [2.45, 2.75) is 18.8 Å². The van der Waals surface area contributed by atoms with E-state index in [1.807, 2.05) is 37.3 Å². The zero-order valence-electron chi connectivity index (χ0n) is 12.2. The molecule has 0 aromatic heterocycles. The Morgan fingerprint density at radius 2 is 1.95 bits per heavy atom. The van der Waals surface area contributed by atoms with Gasteiger partial charge in [-0.2, -0.15) is 0 Å². The van der Waals surface area contributed by atoms with E-state index in [-0.39, 0.29) is 0 Å². The molecular weight excluding hydrogens is 304 g/mol. The number of hydrogen-bond acceptors (Lipinski definition) is 4. The lowest BCUT2D eigenvalue weighted by Gasteiger charge is -2.39. The normalized spacial score (nSPS) is 23.3. The van der Waals surface area contributed by atoms with Crippen molar-refractivity contribution in [3.8, 4) is 5.75 Å². The summed E-state index contributed by atoms with van der Waals surface area (Å²) >= 11 is 6.11. The fourth-order valence-electron chi connectivity index (χ4n) is 2.57. The van der Waals surface area contributed by atoms with E-state index in [0.29, 0.717) is 10.8 Å². The van der Waals surface area contributed by atoms with Gasteiger partial charge in [0.1, 0.15) is 11.4 Å². The third-order valence-electron chi connectivity index (χ3n) is 3.75. The lowest BCUT2D eigenvalue weighted by Crippen LogP contribution is -2.44. The molecule has 0 fully saturated rings. The Hall–Kier alpha value is -2.04. The number of methoxy groups -OCH3 is 1. The number of carbonyl (C=O) groups excluding carboxylic acids is 1. The smallest absolute Gasteiger partial charge is 0.376 e. The van der Waals surface area contributed by atoms with Crippen LogP contribution in [-0.2, 0) is 19.9 Å². The summed E-state index contributed by atoms with van der Waals surface area (Å²) in [4.78, 5) is 11.9. The van der Waals surface area contributed by atoms with Crippen molar-refractivity contribution in [1.29, 1.82) is 0 Å². The van der Waals surface area contributed by atoms with Crippen molar-refractivity contribution in [1.82, 2.24) is 0 Å². The molecule has 1 aliphatic rings. The molecular formula is C17H15ClO4. The Morgan fingerprint density at radius 3 is 2.64 bits per heavy atom. The summed E-state index contributed by atoms with van der Waals surface area (Å²) in [5, 5.41) is 0.574. The summed E-state index contributed by atoms with van der Waals surface area (Å²) in [5.41, 5.74) is 0.806. The Balaban J connectivity index is 2.15. The van der Waals surface area contributed by atoms with Crippen LogP contribution in [0.15, 0.2) is 48.5 Å². The Morgan fingerprint density at radius 1 is 1.23 bits per heavy atom. The number of rotatable bonds is 2. The molecule has 0 N–H and O–H groups in total. The topological polar surface area (TPSA) is 44.8 Å². The molecule has 1 heterocycles. The van der Waals surface area contributed by atoms with E-state index in [4.69, 9.17) is 25.8 Å². The zero-order valence-corrected chi connectivity index (χ0v) is 13.0. The number of benzene rings is 2. The number of hydrogen-bond donors (Lipinski definition) is 0. The van der Waals surface area contributed by atoms with Gasteiger partial charge in [-0.25, -0.2) is 4.79 Å². The van der Waals surface area contributed by atoms with E-state index in [1.54, 1.807) is 18.2 Å². The van der Waals surface area contributed by atoms with Gasteiger partial charge >= 0.3 is 12.3 Å². The molecule has 0 aliphatic carbocycles. The van der Waals surface area contributed by atoms with Gasteiger partial charge in [0.05, 0.1) is 7.11 Å². The second-order valence-corrected chi connectivity index (χ2v) is 5.57. The van der Waals surface area contributed by atoms with Crippen LogP contribution in [0.5, 0.6) is 5.75 Å². The first-order valence-electron chi connectivity index (χ1n) is 6.82. The average molecular weight is 319 g/mol. The minimum atomic E-state index is -1.12. The SMILES string of the molecule is COC(=O)C1Oc2ccc(Cl)cc2C(C)(c2ccccc2)O1. The van der Waals surface area contributed by atoms with Crippen molar-refractivity contribution in [2.24, 2.45) is 0 Å². The molecule has 5 heteroatoms. The molecule has 2 aromatic rings. The summed E-state index contributed by atoms with van der Waals surface area (Å²) in [6.07, 6.45) is -1.12. The van der Waals surface area contributed by atoms with E-state index < -0.39 is 17.9 Å². The molecule has 22 heavy (non-hydrogen) atoms. The first-order chi connectivity index (χ1) is 10.5. The minimum Gasteiger partial charge on any atom is -0.464 e. The molecule has 2 aromatic carbocycles. The molecule has 0 radical (unpaired) electrons. The maximum atomic E-state index is 11.9. The monoisotopic (exact) mass is 318 g/mol. The van der Waals surface area contributed by atoms with Crippen molar-refractivity contribution < 1.29 is 19.0 Å². The van der Waals surface area contributed by atoms with Gasteiger partial charge in [0.15, 0.2) is 0 Å². The van der Waals surface area contributed by atoms with E-state index in [0.717, 1.165) is 11.1 Å². The average Bonchev–Trinajstić information content (AvgIpc) is 2.55. The standard InChI is InChI=1S/C17H15ClO4/c1-17(11-6-4-3-5-7-11)13-10-12(18)8-9-14(13)21-16(22-17)15(19)20-2/h3-10,16H,1-2H3. The van der Waals surface area contributed by atoms with Crippen LogP contribution in [-0.4, -0.2) is 19.4 Å². The van der Waals surface area contributed by atoms with Crippen LogP contribution in [0.25, 0.3) is 0 Å². The fourth-order valence-corrected chi connectivity index (χ4v) is 2.74. The molecule has 2 atom stereocenters. The van der Waals surface area contributed by atoms with Crippen molar-refractivity contribution in [2.75, 3.05) is 7.11 Å². The molecule has 0 amide bonds. The van der Waals surface area contributed by atoms with Crippen LogP contribution in [0.3, 0.4) is 0 Å². The van der Waals surface area contributed by atoms with Crippen LogP contribution in [0.1, 0.15) is 18.1 Å². The highest BCUT2D eigenvalue weighted by atomic mass is 35.5. The van der Waals surface area contributed by atoms with E-state index >= 15 is 0 Å². The van der Waals surface area contributed by atoms with Gasteiger partial charge < -0.3 is 14.2 Å². The van der Waals surface area contributed by atoms with Crippen molar-refractivity contribution in [3.63, 3.8) is 0 Å². The molecule has 2 unspecified atom stereocenters. The highest BCUT2D eigenvalue weighted by molar-refractivity contribution is 6.30. The second-order valence-electron chi connectivity index (χ2n) is 5.13. The van der Waals surface area contributed by atoms with Gasteiger partial charge in [-0.1, -0.05) is 41.9 Å². The van der Waals surface area contributed by atoms with Gasteiger partial charge in [-0.15, -0.1) is 0 Å². The summed E-state index contributed by atoms with van der Waals surface area (Å²) in [7, 11) is 1.30. The van der Waals surface area contributed by atoms with Gasteiger partial charge in [0.25, 0.3) is 0 Å². The first kappa shape index (κ1) is 14.9. The van der Waals surface area contributed by atoms with Crippen molar-refractivity contribution in [3.05, 3.63) is 64.7 Å². The van der Waals surface area contributed by atoms with E-state index in [1.165, 1.54) is 7.11 Å². The van der Waals surface area contributed by atoms with E-state index in [9.17, 15) is 4.79 Å². The van der Waals surface area contributed by atoms with Gasteiger partial charge in [0.2, 0.25) is 0 Å². The Kier molecular flexibility index (Phi) is 3.81. The lowest BCUT2D eigenvalue weighted by atomic mass is 9.86. The summed E-state index contributed by atoms with van der Waals surface area (Å²) in [6.45, 7) is 1.88. The van der Waals surface area contributed by atoms with Gasteiger partial charge in [-0.3, -0.25) is 0 Å². The summed E-state index contributed by atoms with van der Waals surface area (Å²) < 4.78 is 16.3. The molecule has 1 aliphatic heterocycles. The van der Waals surface area contributed by atoms with Crippen LogP contribution >= 0.6 is 11.6 Å². The highest BCUT2D eigenvalue weighted by Crippen LogP contribution is 2.44. The van der Waals surface area contributed by atoms with Crippen molar-refractivity contribution >= 4 is 17.6 Å². The second kappa shape index (κ2) is 5.63. The fraction of sp³-hybridized carbons (Fsp3) is 0.235. The molecule has 4 nitrogen and oxygen atoms in total. The maximum Gasteiger partial charge on any atom is 0.376 e. The number of halogens is 1. The molecule has 0 saturated heterocycles. The van der Waals surface area contributed by atoms with Gasteiger partial charge in [-0.05, 0) is 30.7 Å². The molecule has 3 rings (SSSR count). The summed E-state index contributed by atoms with van der Waals surface area (Å²) in [6, 6.07) is 14.9. The molecule has 0 bridgehead atoms. The first-order valence-corrected chi connectivity index (χ1v) is 7.20. The number of ether oxygens (including phenoxy) is 3. The molecule has 0 saturated carbocycles. The highest BCUT2D eigenvalue weighted by Gasteiger charge is 2.43. The molecule has 114 valence electrons. The third-order valence-corrected chi connectivity index (χ3v) is 3.99. The van der Waals surface area contributed by atoms with Gasteiger partial charge in [0, 0.05) is 10.6 Å². The molecule has 0 spiro atoms. The number of carbonyl (C=O) groups is 1. The number of esters is 1. The summed E-state index contributed by atoms with van der Waals surface area (Å²) in [5.74, 6) is -0.0276. The third kappa shape index (κ3) is 2.45. The largest absolute Gasteiger partial charge is 0.464 e. The van der Waals surface area contributed by atoms with Crippen LogP contribution < -0.4 is 4.74 Å². The minimum absolute atomic E-state index is 0.553. The quantitative estimate of drug-likeness (QED) is 0.795. The predicted octanol–water partition coefficient (Wildman–Crippen LogP) is 3.51. The van der Waals surface area contributed by atoms with Crippen LogP contribution in [0, 0.1) is 0 Å².